The number of anilines is 1. The number of likely N-dealkylation sites (tertiary alicyclic amines) is 1. The first kappa shape index (κ1) is 17.3. The number of aromatic nitrogens is 1. The largest absolute Gasteiger partial charge is 0.481 e. The lowest BCUT2D eigenvalue weighted by atomic mass is 9.97. The van der Waals surface area contributed by atoms with E-state index < -0.39 is 5.97 Å². The summed E-state index contributed by atoms with van der Waals surface area (Å²) in [6, 6.07) is 1.26. The fraction of sp³-hybridized carbons (Fsp3) is 0.533. The van der Waals surface area contributed by atoms with Crippen LogP contribution in [-0.2, 0) is 4.79 Å². The van der Waals surface area contributed by atoms with Crippen molar-refractivity contribution in [3.05, 3.63) is 17.3 Å². The third-order valence-corrected chi connectivity index (χ3v) is 3.74. The standard InChI is InChI=1S/C15H20ClN3O4/c1-9(2)23-13-12(7-11(16)8-17-13)18-15(22)19-5-3-10(4-6-19)14(20)21/h7-10H,3-6H2,1-2H3,(H,18,22)(H,20,21). The Bertz CT molecular complexity index is 586. The van der Waals surface area contributed by atoms with Crippen molar-refractivity contribution in [1.29, 1.82) is 0 Å². The summed E-state index contributed by atoms with van der Waals surface area (Å²) >= 11 is 5.93. The summed E-state index contributed by atoms with van der Waals surface area (Å²) in [6.07, 6.45) is 2.26. The van der Waals surface area contributed by atoms with E-state index in [1.54, 1.807) is 11.0 Å². The predicted octanol–water partition coefficient (Wildman–Crippen LogP) is 2.85. The van der Waals surface area contributed by atoms with Crippen LogP contribution >= 0.6 is 11.6 Å². The summed E-state index contributed by atoms with van der Waals surface area (Å²) in [7, 11) is 0. The molecule has 23 heavy (non-hydrogen) atoms. The van der Waals surface area contributed by atoms with Crippen molar-refractivity contribution in [1.82, 2.24) is 9.88 Å². The molecule has 0 aromatic carbocycles. The number of urea groups is 1. The number of carbonyl (C=O) groups excluding carboxylic acids is 1. The predicted molar refractivity (Wildman–Crippen MR) is 86.0 cm³/mol. The van der Waals surface area contributed by atoms with Gasteiger partial charge in [-0.15, -0.1) is 0 Å². The number of nitrogens with one attached hydrogen (secondary N) is 1. The summed E-state index contributed by atoms with van der Waals surface area (Å²) in [5.74, 6) is -0.887. The molecule has 1 aliphatic rings. The summed E-state index contributed by atoms with van der Waals surface area (Å²) in [4.78, 5) is 29.0. The molecule has 1 aromatic rings. The van der Waals surface area contributed by atoms with Crippen molar-refractivity contribution in [3.63, 3.8) is 0 Å². The number of carboxylic acid groups (broad SMARTS) is 1. The molecule has 1 aromatic heterocycles. The second-order valence-electron chi connectivity index (χ2n) is 5.70. The van der Waals surface area contributed by atoms with Crippen LogP contribution in [0.3, 0.4) is 0 Å². The summed E-state index contributed by atoms with van der Waals surface area (Å²) < 4.78 is 5.56. The Kier molecular flexibility index (Phi) is 5.65. The molecule has 0 saturated carbocycles. The molecule has 1 aliphatic heterocycles. The highest BCUT2D eigenvalue weighted by atomic mass is 35.5. The fourth-order valence-electron chi connectivity index (χ4n) is 2.36. The van der Waals surface area contributed by atoms with Gasteiger partial charge in [-0.2, -0.15) is 0 Å². The quantitative estimate of drug-likeness (QED) is 0.878. The minimum Gasteiger partial charge on any atom is -0.481 e. The summed E-state index contributed by atoms with van der Waals surface area (Å²) in [6.45, 7) is 4.52. The minimum atomic E-state index is -0.809. The Balaban J connectivity index is 2.03. The molecule has 8 heteroatoms. The average molecular weight is 342 g/mol. The van der Waals surface area contributed by atoms with Crippen molar-refractivity contribution >= 4 is 29.3 Å². The molecule has 0 unspecified atom stereocenters. The molecule has 7 nitrogen and oxygen atoms in total. The number of ether oxygens (including phenoxy) is 1. The molecule has 2 rings (SSSR count). The third kappa shape index (κ3) is 4.72. The van der Waals surface area contributed by atoms with E-state index in [0.717, 1.165) is 0 Å². The molecule has 1 saturated heterocycles. The second kappa shape index (κ2) is 7.50. The van der Waals surface area contributed by atoms with E-state index in [1.165, 1.54) is 6.20 Å². The molecule has 2 amide bonds. The molecular formula is C15H20ClN3O4. The number of halogens is 1. The molecule has 2 heterocycles. The van der Waals surface area contributed by atoms with Crippen molar-refractivity contribution < 1.29 is 19.4 Å². The smallest absolute Gasteiger partial charge is 0.321 e. The van der Waals surface area contributed by atoms with Gasteiger partial charge in [0.15, 0.2) is 0 Å². The lowest BCUT2D eigenvalue weighted by Gasteiger charge is -2.30. The van der Waals surface area contributed by atoms with Crippen LogP contribution in [0, 0.1) is 5.92 Å². The van der Waals surface area contributed by atoms with E-state index in [-0.39, 0.29) is 18.1 Å². The number of hydrogen-bond donors (Lipinski definition) is 2. The summed E-state index contributed by atoms with van der Waals surface area (Å²) in [5.41, 5.74) is 0.400. The molecule has 0 radical (unpaired) electrons. The first-order valence-corrected chi connectivity index (χ1v) is 7.85. The van der Waals surface area contributed by atoms with Gasteiger partial charge in [0.05, 0.1) is 17.0 Å². The Morgan fingerprint density at radius 3 is 2.65 bits per heavy atom. The van der Waals surface area contributed by atoms with Crippen LogP contribution < -0.4 is 10.1 Å². The van der Waals surface area contributed by atoms with Crippen LogP contribution in [-0.4, -0.2) is 46.2 Å². The highest BCUT2D eigenvalue weighted by molar-refractivity contribution is 6.30. The van der Waals surface area contributed by atoms with Crippen LogP contribution in [0.2, 0.25) is 5.02 Å². The maximum absolute atomic E-state index is 12.3. The molecule has 0 atom stereocenters. The van der Waals surface area contributed by atoms with Crippen molar-refractivity contribution in [2.24, 2.45) is 5.92 Å². The van der Waals surface area contributed by atoms with Gasteiger partial charge in [-0.3, -0.25) is 4.79 Å². The van der Waals surface area contributed by atoms with Crippen LogP contribution in [0.15, 0.2) is 12.3 Å². The highest BCUT2D eigenvalue weighted by Crippen LogP contribution is 2.27. The fourth-order valence-corrected chi connectivity index (χ4v) is 2.52. The van der Waals surface area contributed by atoms with Gasteiger partial charge in [0.25, 0.3) is 0 Å². The number of nitrogens with zero attached hydrogens (tertiary/aromatic N) is 2. The number of pyridine rings is 1. The molecule has 126 valence electrons. The first-order chi connectivity index (χ1) is 10.9. The topological polar surface area (TPSA) is 91.8 Å². The second-order valence-corrected chi connectivity index (χ2v) is 6.14. The van der Waals surface area contributed by atoms with Crippen molar-refractivity contribution in [3.8, 4) is 5.88 Å². The van der Waals surface area contributed by atoms with Crippen molar-refractivity contribution in [2.75, 3.05) is 18.4 Å². The van der Waals surface area contributed by atoms with Crippen LogP contribution in [0.4, 0.5) is 10.5 Å². The zero-order valence-electron chi connectivity index (χ0n) is 13.1. The Hall–Kier alpha value is -2.02. The Morgan fingerprint density at radius 1 is 1.43 bits per heavy atom. The molecule has 0 spiro atoms. The van der Waals surface area contributed by atoms with Gasteiger partial charge in [-0.05, 0) is 32.8 Å². The number of carbonyl (C=O) groups is 2. The SMILES string of the molecule is CC(C)Oc1ncc(Cl)cc1NC(=O)N1CCC(C(=O)O)CC1. The average Bonchev–Trinajstić information content (AvgIpc) is 2.49. The highest BCUT2D eigenvalue weighted by Gasteiger charge is 2.27. The maximum atomic E-state index is 12.3. The van der Waals surface area contributed by atoms with Crippen LogP contribution in [0.1, 0.15) is 26.7 Å². The van der Waals surface area contributed by atoms with E-state index in [2.05, 4.69) is 10.3 Å². The molecular weight excluding hydrogens is 322 g/mol. The Labute approximate surface area is 139 Å². The Morgan fingerprint density at radius 2 is 2.09 bits per heavy atom. The zero-order valence-corrected chi connectivity index (χ0v) is 13.8. The monoisotopic (exact) mass is 341 g/mol. The van der Waals surface area contributed by atoms with E-state index in [9.17, 15) is 9.59 Å². The van der Waals surface area contributed by atoms with E-state index >= 15 is 0 Å². The first-order valence-electron chi connectivity index (χ1n) is 7.47. The number of piperidine rings is 1. The van der Waals surface area contributed by atoms with Gasteiger partial charge in [0.1, 0.15) is 5.69 Å². The normalized spacial score (nSPS) is 15.6. The summed E-state index contributed by atoms with van der Waals surface area (Å²) in [5, 5.41) is 12.1. The molecule has 0 bridgehead atoms. The van der Waals surface area contributed by atoms with Gasteiger partial charge < -0.3 is 20.1 Å². The number of hydrogen-bond acceptors (Lipinski definition) is 4. The lowest BCUT2D eigenvalue weighted by molar-refractivity contribution is -0.143. The van der Waals surface area contributed by atoms with Crippen molar-refractivity contribution in [2.45, 2.75) is 32.8 Å². The number of amides is 2. The number of carboxylic acids is 1. The van der Waals surface area contributed by atoms with Gasteiger partial charge >= 0.3 is 12.0 Å². The zero-order chi connectivity index (χ0) is 17.0. The van der Waals surface area contributed by atoms with E-state index in [4.69, 9.17) is 21.4 Å². The van der Waals surface area contributed by atoms with Gasteiger partial charge in [-0.25, -0.2) is 9.78 Å². The number of aliphatic carboxylic acids is 1. The van der Waals surface area contributed by atoms with Crippen LogP contribution in [0.5, 0.6) is 5.88 Å². The van der Waals surface area contributed by atoms with Crippen LogP contribution in [0.25, 0.3) is 0 Å². The maximum Gasteiger partial charge on any atom is 0.321 e. The van der Waals surface area contributed by atoms with Gasteiger partial charge in [0, 0.05) is 19.3 Å². The van der Waals surface area contributed by atoms with E-state index in [1.807, 2.05) is 13.8 Å². The molecule has 2 N–H and O–H groups in total. The van der Waals surface area contributed by atoms with E-state index in [0.29, 0.717) is 42.5 Å². The molecule has 1 fully saturated rings. The van der Waals surface area contributed by atoms with Gasteiger partial charge in [-0.1, -0.05) is 11.6 Å². The number of rotatable bonds is 4. The lowest BCUT2D eigenvalue weighted by Crippen LogP contribution is -2.42. The minimum absolute atomic E-state index is 0.0920. The molecule has 0 aliphatic carbocycles. The third-order valence-electron chi connectivity index (χ3n) is 3.54. The van der Waals surface area contributed by atoms with Gasteiger partial charge in [0.2, 0.25) is 5.88 Å².